The molecule has 0 aliphatic heterocycles. The van der Waals surface area contributed by atoms with Gasteiger partial charge in [0.25, 0.3) is 15.9 Å². The molecule has 0 atom stereocenters. The van der Waals surface area contributed by atoms with E-state index in [4.69, 9.17) is 0 Å². The maximum atomic E-state index is 13.2. The van der Waals surface area contributed by atoms with Crippen molar-refractivity contribution in [3.05, 3.63) is 89.2 Å². The average molecular weight is 470 g/mol. The number of carbonyl (C=O) groups excluding carboxylic acids is 2. The van der Waals surface area contributed by atoms with E-state index >= 15 is 0 Å². The van der Waals surface area contributed by atoms with Crippen LogP contribution >= 0.6 is 0 Å². The lowest BCUT2D eigenvalue weighted by Gasteiger charge is -2.17. The highest BCUT2D eigenvalue weighted by Crippen LogP contribution is 2.20. The molecule has 2 amide bonds. The number of halogens is 1. The van der Waals surface area contributed by atoms with Crippen molar-refractivity contribution >= 4 is 33.2 Å². The molecule has 0 aliphatic rings. The van der Waals surface area contributed by atoms with Crippen molar-refractivity contribution in [2.45, 2.75) is 18.7 Å². The zero-order chi connectivity index (χ0) is 24.2. The molecular formula is C24H24FN3O4S. The quantitative estimate of drug-likeness (QED) is 0.548. The molecule has 0 unspecified atom stereocenters. The van der Waals surface area contributed by atoms with E-state index in [1.807, 2.05) is 19.9 Å². The Morgan fingerprint density at radius 2 is 1.61 bits per heavy atom. The number of rotatable bonds is 7. The van der Waals surface area contributed by atoms with Gasteiger partial charge in [0.1, 0.15) is 5.82 Å². The number of carbonyl (C=O) groups is 2. The maximum absolute atomic E-state index is 13.2. The van der Waals surface area contributed by atoms with Gasteiger partial charge in [-0.25, -0.2) is 12.8 Å². The number of nitrogens with one attached hydrogen (secondary N) is 2. The fourth-order valence-corrected chi connectivity index (χ4v) is 4.12. The van der Waals surface area contributed by atoms with E-state index < -0.39 is 27.7 Å². The number of hydrogen-bond donors (Lipinski definition) is 2. The lowest BCUT2D eigenvalue weighted by Crippen LogP contribution is -2.35. The topological polar surface area (TPSA) is 95.6 Å². The fourth-order valence-electron chi connectivity index (χ4n) is 3.07. The van der Waals surface area contributed by atoms with Crippen LogP contribution in [0.15, 0.2) is 71.6 Å². The molecule has 0 saturated carbocycles. The van der Waals surface area contributed by atoms with Gasteiger partial charge in [-0.15, -0.1) is 0 Å². The summed E-state index contributed by atoms with van der Waals surface area (Å²) in [7, 11) is -2.39. The van der Waals surface area contributed by atoms with E-state index in [0.29, 0.717) is 5.69 Å². The number of sulfonamides is 1. The molecule has 7 nitrogen and oxygen atoms in total. The van der Waals surface area contributed by atoms with Crippen molar-refractivity contribution in [3.8, 4) is 0 Å². The summed E-state index contributed by atoms with van der Waals surface area (Å²) in [5.41, 5.74) is 2.96. The molecule has 0 bridgehead atoms. The SMILES string of the molecule is Cc1ccc(NS(=O)(=O)c2ccc(C(=O)N(C)CC(=O)Nc3cccc(F)c3)cc2)cc1C. The van der Waals surface area contributed by atoms with E-state index in [1.165, 1.54) is 60.5 Å². The molecule has 3 aromatic rings. The van der Waals surface area contributed by atoms with Crippen molar-refractivity contribution in [1.82, 2.24) is 4.90 Å². The first-order chi connectivity index (χ1) is 15.5. The second-order valence-corrected chi connectivity index (χ2v) is 9.33. The van der Waals surface area contributed by atoms with Gasteiger partial charge in [-0.3, -0.25) is 14.3 Å². The van der Waals surface area contributed by atoms with Crippen LogP contribution in [-0.4, -0.2) is 38.7 Å². The maximum Gasteiger partial charge on any atom is 0.261 e. The van der Waals surface area contributed by atoms with E-state index in [1.54, 1.807) is 12.1 Å². The van der Waals surface area contributed by atoms with Crippen LogP contribution < -0.4 is 10.0 Å². The number of benzene rings is 3. The first kappa shape index (κ1) is 23.9. The van der Waals surface area contributed by atoms with Gasteiger partial charge in [0, 0.05) is 24.0 Å². The second kappa shape index (κ2) is 9.83. The zero-order valence-corrected chi connectivity index (χ0v) is 19.2. The second-order valence-electron chi connectivity index (χ2n) is 7.65. The van der Waals surface area contributed by atoms with Crippen LogP contribution in [0.1, 0.15) is 21.5 Å². The highest BCUT2D eigenvalue weighted by atomic mass is 32.2. The van der Waals surface area contributed by atoms with Gasteiger partial charge in [0.15, 0.2) is 0 Å². The Morgan fingerprint density at radius 1 is 0.909 bits per heavy atom. The monoisotopic (exact) mass is 469 g/mol. The summed E-state index contributed by atoms with van der Waals surface area (Å²) in [5, 5.41) is 2.52. The summed E-state index contributed by atoms with van der Waals surface area (Å²) in [6, 6.07) is 16.1. The van der Waals surface area contributed by atoms with Crippen LogP contribution in [-0.2, 0) is 14.8 Å². The summed E-state index contributed by atoms with van der Waals surface area (Å²) in [6.45, 7) is 3.57. The Hall–Kier alpha value is -3.72. The van der Waals surface area contributed by atoms with Crippen molar-refractivity contribution < 1.29 is 22.4 Å². The normalized spacial score (nSPS) is 11.0. The van der Waals surface area contributed by atoms with Gasteiger partial charge >= 0.3 is 0 Å². The molecule has 172 valence electrons. The Balaban J connectivity index is 1.64. The average Bonchev–Trinajstić information content (AvgIpc) is 2.75. The standard InChI is InChI=1S/C24H24FN3O4S/c1-16-7-10-21(13-17(16)2)27-33(31,32)22-11-8-18(9-12-22)24(30)28(3)15-23(29)26-20-6-4-5-19(25)14-20/h4-14,27H,15H2,1-3H3,(H,26,29). The summed E-state index contributed by atoms with van der Waals surface area (Å²) >= 11 is 0. The first-order valence-electron chi connectivity index (χ1n) is 10.1. The minimum Gasteiger partial charge on any atom is -0.332 e. The summed E-state index contributed by atoms with van der Waals surface area (Å²) < 4.78 is 41.1. The van der Waals surface area contributed by atoms with Gasteiger partial charge in [0.05, 0.1) is 11.4 Å². The molecule has 0 aromatic heterocycles. The zero-order valence-electron chi connectivity index (χ0n) is 18.4. The van der Waals surface area contributed by atoms with E-state index in [0.717, 1.165) is 11.1 Å². The predicted molar refractivity (Wildman–Crippen MR) is 125 cm³/mol. The summed E-state index contributed by atoms with van der Waals surface area (Å²) in [6.07, 6.45) is 0. The molecule has 0 heterocycles. The van der Waals surface area contributed by atoms with Crippen LogP contribution in [0.25, 0.3) is 0 Å². The number of nitrogens with zero attached hydrogens (tertiary/aromatic N) is 1. The third-order valence-electron chi connectivity index (χ3n) is 5.01. The van der Waals surface area contributed by atoms with Gasteiger partial charge in [-0.1, -0.05) is 12.1 Å². The highest BCUT2D eigenvalue weighted by Gasteiger charge is 2.18. The van der Waals surface area contributed by atoms with Gasteiger partial charge < -0.3 is 10.2 Å². The van der Waals surface area contributed by atoms with Crippen LogP contribution in [0.4, 0.5) is 15.8 Å². The Kier molecular flexibility index (Phi) is 7.13. The van der Waals surface area contributed by atoms with E-state index in [2.05, 4.69) is 10.0 Å². The number of aryl methyl sites for hydroxylation is 2. The van der Waals surface area contributed by atoms with E-state index in [9.17, 15) is 22.4 Å². The predicted octanol–water partition coefficient (Wildman–Crippen LogP) is 3.95. The number of hydrogen-bond acceptors (Lipinski definition) is 4. The van der Waals surface area contributed by atoms with Crippen molar-refractivity contribution in [2.75, 3.05) is 23.6 Å². The van der Waals surface area contributed by atoms with Crippen LogP contribution in [0.5, 0.6) is 0 Å². The highest BCUT2D eigenvalue weighted by molar-refractivity contribution is 7.92. The van der Waals surface area contributed by atoms with Crippen LogP contribution in [0.2, 0.25) is 0 Å². The Labute approximate surface area is 192 Å². The smallest absolute Gasteiger partial charge is 0.261 e. The molecule has 3 rings (SSSR count). The molecule has 9 heteroatoms. The van der Waals surface area contributed by atoms with Crippen LogP contribution in [0.3, 0.4) is 0 Å². The molecule has 0 fully saturated rings. The van der Waals surface area contributed by atoms with Gasteiger partial charge in [0.2, 0.25) is 5.91 Å². The summed E-state index contributed by atoms with van der Waals surface area (Å²) in [4.78, 5) is 26.0. The Morgan fingerprint density at radius 3 is 2.24 bits per heavy atom. The largest absolute Gasteiger partial charge is 0.332 e. The molecule has 0 saturated heterocycles. The van der Waals surface area contributed by atoms with Crippen molar-refractivity contribution in [2.24, 2.45) is 0 Å². The Bertz CT molecular complexity index is 1290. The molecule has 3 aromatic carbocycles. The molecule has 0 aliphatic carbocycles. The third-order valence-corrected chi connectivity index (χ3v) is 6.40. The fraction of sp³-hybridized carbons (Fsp3) is 0.167. The minimum absolute atomic E-state index is 0.00350. The number of anilines is 2. The molecule has 2 N–H and O–H groups in total. The van der Waals surface area contributed by atoms with Gasteiger partial charge in [-0.2, -0.15) is 0 Å². The number of amides is 2. The van der Waals surface area contributed by atoms with Crippen molar-refractivity contribution in [1.29, 1.82) is 0 Å². The third kappa shape index (κ3) is 6.17. The van der Waals surface area contributed by atoms with Crippen LogP contribution in [0, 0.1) is 19.7 Å². The minimum atomic E-state index is -3.83. The lowest BCUT2D eigenvalue weighted by molar-refractivity contribution is -0.116. The number of likely N-dealkylation sites (N-methyl/N-ethyl adjacent to an activating group) is 1. The summed E-state index contributed by atoms with van der Waals surface area (Å²) in [5.74, 6) is -1.44. The molecule has 33 heavy (non-hydrogen) atoms. The first-order valence-corrected chi connectivity index (χ1v) is 11.5. The van der Waals surface area contributed by atoms with Crippen molar-refractivity contribution in [3.63, 3.8) is 0 Å². The lowest BCUT2D eigenvalue weighted by atomic mass is 10.1. The molecular weight excluding hydrogens is 445 g/mol. The van der Waals surface area contributed by atoms with Gasteiger partial charge in [-0.05, 0) is 79.6 Å². The molecule has 0 radical (unpaired) electrons. The van der Waals surface area contributed by atoms with E-state index in [-0.39, 0.29) is 22.7 Å². The molecule has 0 spiro atoms.